The minimum atomic E-state index is -2.24. The number of benzene rings is 1. The number of para-hydroxylation sites is 1. The lowest BCUT2D eigenvalue weighted by Gasteiger charge is -2.40. The molecule has 0 amide bonds. The van der Waals surface area contributed by atoms with Crippen LogP contribution >= 0.6 is 0 Å². The maximum Gasteiger partial charge on any atom is 0.339 e. The van der Waals surface area contributed by atoms with Gasteiger partial charge in [0.15, 0.2) is 5.41 Å². The molecule has 37 heavy (non-hydrogen) atoms. The highest BCUT2D eigenvalue weighted by molar-refractivity contribution is 6.16. The SMILES string of the molecule is CCOC(=O)CC1=C(C(=O)OCC)C2(C(=O)O1)C(C(=O)OCC)=C(N)N(CC(=O)OC)c1ccccc12. The van der Waals surface area contributed by atoms with E-state index < -0.39 is 59.4 Å². The van der Waals surface area contributed by atoms with Crippen molar-refractivity contribution in [1.82, 2.24) is 0 Å². The van der Waals surface area contributed by atoms with Gasteiger partial charge in [0.05, 0.1) is 26.9 Å². The smallest absolute Gasteiger partial charge is 0.339 e. The molecule has 0 fully saturated rings. The molecule has 1 atom stereocenters. The van der Waals surface area contributed by atoms with Gasteiger partial charge in [-0.15, -0.1) is 0 Å². The fourth-order valence-corrected chi connectivity index (χ4v) is 4.40. The second kappa shape index (κ2) is 11.1. The monoisotopic (exact) mass is 516 g/mol. The highest BCUT2D eigenvalue weighted by atomic mass is 16.6. The van der Waals surface area contributed by atoms with Crippen LogP contribution in [0.2, 0.25) is 0 Å². The quantitative estimate of drug-likeness (QED) is 0.366. The maximum atomic E-state index is 13.8. The van der Waals surface area contributed by atoms with Crippen LogP contribution in [0.3, 0.4) is 0 Å². The van der Waals surface area contributed by atoms with E-state index in [-0.39, 0.29) is 42.7 Å². The van der Waals surface area contributed by atoms with E-state index in [2.05, 4.69) is 0 Å². The molecule has 198 valence electrons. The van der Waals surface area contributed by atoms with Crippen LogP contribution in [0.1, 0.15) is 32.8 Å². The molecule has 0 bridgehead atoms. The molecular weight excluding hydrogens is 488 g/mol. The number of esters is 5. The van der Waals surface area contributed by atoms with Crippen molar-refractivity contribution in [3.05, 3.63) is 52.6 Å². The van der Waals surface area contributed by atoms with Crippen molar-refractivity contribution >= 4 is 35.5 Å². The van der Waals surface area contributed by atoms with Gasteiger partial charge < -0.3 is 34.3 Å². The summed E-state index contributed by atoms with van der Waals surface area (Å²) in [4.78, 5) is 66.4. The second-order valence-corrected chi connectivity index (χ2v) is 7.80. The molecule has 1 aromatic rings. The van der Waals surface area contributed by atoms with E-state index in [1.54, 1.807) is 39.0 Å². The van der Waals surface area contributed by atoms with Gasteiger partial charge in [0, 0.05) is 11.3 Å². The summed E-state index contributed by atoms with van der Waals surface area (Å²) < 4.78 is 25.7. The molecule has 2 aliphatic rings. The van der Waals surface area contributed by atoms with Gasteiger partial charge in [-0.25, -0.2) is 14.4 Å². The Labute approximate surface area is 212 Å². The second-order valence-electron chi connectivity index (χ2n) is 7.80. The van der Waals surface area contributed by atoms with Crippen LogP contribution in [0.15, 0.2) is 47.0 Å². The van der Waals surface area contributed by atoms with Gasteiger partial charge in [-0.2, -0.15) is 0 Å². The van der Waals surface area contributed by atoms with E-state index in [1.165, 1.54) is 18.1 Å². The van der Waals surface area contributed by atoms with Crippen molar-refractivity contribution in [3.8, 4) is 0 Å². The Balaban J connectivity index is 2.43. The molecule has 1 unspecified atom stereocenters. The third-order valence-electron chi connectivity index (χ3n) is 5.78. The summed E-state index contributed by atoms with van der Waals surface area (Å²) in [5, 5.41) is 0. The number of anilines is 1. The van der Waals surface area contributed by atoms with Crippen LogP contribution in [0, 0.1) is 0 Å². The molecule has 0 saturated carbocycles. The Morgan fingerprint density at radius 2 is 1.51 bits per heavy atom. The highest BCUT2D eigenvalue weighted by Crippen LogP contribution is 2.54. The van der Waals surface area contributed by atoms with Gasteiger partial charge in [-0.05, 0) is 26.8 Å². The number of cyclic esters (lactones) is 1. The van der Waals surface area contributed by atoms with Gasteiger partial charge in [0.2, 0.25) is 0 Å². The molecule has 2 N–H and O–H groups in total. The zero-order chi connectivity index (χ0) is 27.3. The van der Waals surface area contributed by atoms with Crippen molar-refractivity contribution in [1.29, 1.82) is 0 Å². The molecule has 0 saturated heterocycles. The fraction of sp³-hybridized carbons (Fsp3) is 0.400. The summed E-state index contributed by atoms with van der Waals surface area (Å²) in [5.41, 5.74) is 3.68. The molecule has 2 heterocycles. The van der Waals surface area contributed by atoms with Gasteiger partial charge in [-0.3, -0.25) is 9.59 Å². The fourth-order valence-electron chi connectivity index (χ4n) is 4.40. The number of carbonyl (C=O) groups excluding carboxylic acids is 5. The van der Waals surface area contributed by atoms with Crippen molar-refractivity contribution in [2.75, 3.05) is 38.4 Å². The lowest BCUT2D eigenvalue weighted by atomic mass is 9.66. The number of hydrogen-bond acceptors (Lipinski definition) is 12. The van der Waals surface area contributed by atoms with Gasteiger partial charge in [0.25, 0.3) is 0 Å². The topological polar surface area (TPSA) is 161 Å². The number of hydrogen-bond donors (Lipinski definition) is 1. The minimum absolute atomic E-state index is 0.0478. The molecule has 0 radical (unpaired) electrons. The van der Waals surface area contributed by atoms with E-state index in [0.29, 0.717) is 0 Å². The summed E-state index contributed by atoms with van der Waals surface area (Å²) in [6, 6.07) is 6.22. The Kier molecular flexibility index (Phi) is 8.21. The summed E-state index contributed by atoms with van der Waals surface area (Å²) in [7, 11) is 1.18. The molecule has 1 spiro atoms. The number of fused-ring (bicyclic) bond motifs is 2. The lowest BCUT2D eigenvalue weighted by Crippen LogP contribution is -2.51. The van der Waals surface area contributed by atoms with Crippen molar-refractivity contribution in [3.63, 3.8) is 0 Å². The first kappa shape index (κ1) is 27.2. The maximum absolute atomic E-state index is 13.8. The molecule has 3 rings (SSSR count). The normalized spacial score (nSPS) is 18.4. The highest BCUT2D eigenvalue weighted by Gasteiger charge is 2.64. The average molecular weight is 517 g/mol. The lowest BCUT2D eigenvalue weighted by molar-refractivity contribution is -0.148. The molecule has 2 aliphatic heterocycles. The van der Waals surface area contributed by atoms with Crippen LogP contribution in [-0.4, -0.2) is 63.3 Å². The van der Waals surface area contributed by atoms with E-state index >= 15 is 0 Å². The standard InChI is InChI=1S/C25H28N2O10/c1-5-34-17(28)12-16-19(22(30)35-6-2)25(24(32)37-16)14-10-8-9-11-15(14)27(13-18(29)33-4)21(26)20(25)23(31)36-7-3/h8-11H,5-7,12-13,26H2,1-4H3. The van der Waals surface area contributed by atoms with Crippen molar-refractivity contribution in [2.45, 2.75) is 32.6 Å². The Hall–Kier alpha value is -4.35. The largest absolute Gasteiger partial charge is 0.468 e. The first-order chi connectivity index (χ1) is 17.7. The van der Waals surface area contributed by atoms with Gasteiger partial charge in [0.1, 0.15) is 35.7 Å². The molecular formula is C25H28N2O10. The number of methoxy groups -OCH3 is 1. The number of ether oxygens (including phenoxy) is 5. The van der Waals surface area contributed by atoms with Crippen molar-refractivity contribution in [2.24, 2.45) is 5.73 Å². The first-order valence-electron chi connectivity index (χ1n) is 11.6. The summed E-state index contributed by atoms with van der Waals surface area (Å²) in [5.74, 6) is -5.22. The molecule has 0 aliphatic carbocycles. The number of rotatable bonds is 9. The van der Waals surface area contributed by atoms with E-state index in [0.717, 1.165) is 0 Å². The molecule has 1 aromatic carbocycles. The number of nitrogens with zero attached hydrogens (tertiary/aromatic N) is 1. The van der Waals surface area contributed by atoms with Gasteiger partial charge in [-0.1, -0.05) is 18.2 Å². The van der Waals surface area contributed by atoms with Crippen LogP contribution < -0.4 is 10.6 Å². The molecule has 12 heteroatoms. The van der Waals surface area contributed by atoms with E-state index in [9.17, 15) is 24.0 Å². The third-order valence-corrected chi connectivity index (χ3v) is 5.78. The number of carbonyl (C=O) groups is 5. The van der Waals surface area contributed by atoms with Crippen LogP contribution in [-0.2, 0) is 53.1 Å². The third kappa shape index (κ3) is 4.61. The summed E-state index contributed by atoms with van der Waals surface area (Å²) >= 11 is 0. The van der Waals surface area contributed by atoms with E-state index in [4.69, 9.17) is 29.4 Å². The Morgan fingerprint density at radius 3 is 2.11 bits per heavy atom. The number of nitrogens with two attached hydrogens (primary N) is 1. The summed E-state index contributed by atoms with van der Waals surface area (Å²) in [6.07, 6.45) is -0.584. The zero-order valence-electron chi connectivity index (χ0n) is 21.0. The van der Waals surface area contributed by atoms with Crippen molar-refractivity contribution < 1.29 is 47.7 Å². The van der Waals surface area contributed by atoms with E-state index in [1.807, 2.05) is 0 Å². The van der Waals surface area contributed by atoms with Crippen LogP contribution in [0.4, 0.5) is 5.69 Å². The molecule has 12 nitrogen and oxygen atoms in total. The summed E-state index contributed by atoms with van der Waals surface area (Å²) in [6.45, 7) is 4.16. The Morgan fingerprint density at radius 1 is 0.919 bits per heavy atom. The average Bonchev–Trinajstić information content (AvgIpc) is 3.13. The predicted octanol–water partition coefficient (Wildman–Crippen LogP) is 0.978. The predicted molar refractivity (Wildman–Crippen MR) is 126 cm³/mol. The van der Waals surface area contributed by atoms with Crippen LogP contribution in [0.5, 0.6) is 0 Å². The zero-order valence-corrected chi connectivity index (χ0v) is 21.0. The van der Waals surface area contributed by atoms with Crippen LogP contribution in [0.25, 0.3) is 0 Å². The first-order valence-corrected chi connectivity index (χ1v) is 11.6. The Bertz CT molecular complexity index is 1200. The van der Waals surface area contributed by atoms with Gasteiger partial charge >= 0.3 is 29.8 Å². The molecule has 0 aromatic heterocycles. The minimum Gasteiger partial charge on any atom is -0.468 e.